The molecule has 0 bridgehead atoms. The second-order valence-electron chi connectivity index (χ2n) is 3.81. The van der Waals surface area contributed by atoms with E-state index in [9.17, 15) is 4.79 Å². The molecular formula is C12H14N4O2. The summed E-state index contributed by atoms with van der Waals surface area (Å²) in [4.78, 5) is 11.4. The monoisotopic (exact) mass is 246 g/mol. The molecule has 6 heteroatoms. The van der Waals surface area contributed by atoms with E-state index in [0.717, 1.165) is 11.4 Å². The first-order valence-corrected chi connectivity index (χ1v) is 5.46. The Balaban J connectivity index is 2.03. The van der Waals surface area contributed by atoms with Gasteiger partial charge in [-0.15, -0.1) is 5.10 Å². The first kappa shape index (κ1) is 12.1. The molecule has 0 spiro atoms. The zero-order valence-corrected chi connectivity index (χ0v) is 10.3. The molecule has 94 valence electrons. The van der Waals surface area contributed by atoms with E-state index < -0.39 is 0 Å². The van der Waals surface area contributed by atoms with E-state index >= 15 is 0 Å². The standard InChI is InChI=1S/C12H14N4O2/c1-16-8-11(14-15-16)7-13-10-5-3-4-9(6-10)12(17)18-2/h3-6,8,13H,7H2,1-2H3. The van der Waals surface area contributed by atoms with Crippen molar-refractivity contribution in [3.05, 3.63) is 41.7 Å². The van der Waals surface area contributed by atoms with Gasteiger partial charge in [0.25, 0.3) is 0 Å². The number of carbonyl (C=O) groups excluding carboxylic acids is 1. The van der Waals surface area contributed by atoms with Crippen LogP contribution in [0.15, 0.2) is 30.5 Å². The van der Waals surface area contributed by atoms with Crippen molar-refractivity contribution in [3.63, 3.8) is 0 Å². The maximum absolute atomic E-state index is 11.4. The molecule has 0 fully saturated rings. The number of methoxy groups -OCH3 is 1. The Hall–Kier alpha value is -2.37. The molecule has 0 saturated heterocycles. The van der Waals surface area contributed by atoms with Crippen LogP contribution in [0.25, 0.3) is 0 Å². The fourth-order valence-corrected chi connectivity index (χ4v) is 1.54. The number of aryl methyl sites for hydroxylation is 1. The van der Waals surface area contributed by atoms with Crippen LogP contribution in [0.3, 0.4) is 0 Å². The van der Waals surface area contributed by atoms with Gasteiger partial charge in [-0.3, -0.25) is 4.68 Å². The Morgan fingerprint density at radius 3 is 3.00 bits per heavy atom. The number of hydrogen-bond acceptors (Lipinski definition) is 5. The molecule has 1 heterocycles. The Kier molecular flexibility index (Phi) is 3.57. The van der Waals surface area contributed by atoms with E-state index in [4.69, 9.17) is 0 Å². The maximum atomic E-state index is 11.4. The second-order valence-corrected chi connectivity index (χ2v) is 3.81. The number of rotatable bonds is 4. The lowest BCUT2D eigenvalue weighted by molar-refractivity contribution is 0.0601. The quantitative estimate of drug-likeness (QED) is 0.821. The van der Waals surface area contributed by atoms with Gasteiger partial charge in [0, 0.05) is 18.9 Å². The molecule has 0 atom stereocenters. The van der Waals surface area contributed by atoms with Crippen molar-refractivity contribution in [1.82, 2.24) is 15.0 Å². The topological polar surface area (TPSA) is 69.0 Å². The van der Waals surface area contributed by atoms with Crippen LogP contribution in [0.2, 0.25) is 0 Å². The zero-order chi connectivity index (χ0) is 13.0. The van der Waals surface area contributed by atoms with Crippen LogP contribution in [-0.2, 0) is 18.3 Å². The molecule has 0 aliphatic heterocycles. The number of hydrogen-bond donors (Lipinski definition) is 1. The Morgan fingerprint density at radius 1 is 1.50 bits per heavy atom. The Bertz CT molecular complexity index is 551. The Labute approximate surface area is 105 Å². The van der Waals surface area contributed by atoms with E-state index in [1.54, 1.807) is 22.9 Å². The summed E-state index contributed by atoms with van der Waals surface area (Å²) in [5, 5.41) is 11.0. The minimum atomic E-state index is -0.349. The van der Waals surface area contributed by atoms with E-state index in [1.807, 2.05) is 19.3 Å². The van der Waals surface area contributed by atoms with Crippen LogP contribution in [0.1, 0.15) is 16.1 Å². The smallest absolute Gasteiger partial charge is 0.337 e. The van der Waals surface area contributed by atoms with Crippen molar-refractivity contribution in [2.24, 2.45) is 7.05 Å². The lowest BCUT2D eigenvalue weighted by atomic mass is 10.2. The molecule has 0 saturated carbocycles. The molecule has 1 aromatic carbocycles. The summed E-state index contributed by atoms with van der Waals surface area (Å²) in [5.41, 5.74) is 2.19. The summed E-state index contributed by atoms with van der Waals surface area (Å²) in [5.74, 6) is -0.349. The minimum absolute atomic E-state index is 0.349. The van der Waals surface area contributed by atoms with Gasteiger partial charge in [-0.25, -0.2) is 4.79 Å². The van der Waals surface area contributed by atoms with Gasteiger partial charge in [0.05, 0.1) is 19.2 Å². The van der Waals surface area contributed by atoms with E-state index in [2.05, 4.69) is 20.4 Å². The largest absolute Gasteiger partial charge is 0.465 e. The van der Waals surface area contributed by atoms with Gasteiger partial charge in [0.15, 0.2) is 0 Å². The van der Waals surface area contributed by atoms with Crippen LogP contribution >= 0.6 is 0 Å². The molecule has 0 amide bonds. The van der Waals surface area contributed by atoms with Gasteiger partial charge in [0.1, 0.15) is 5.69 Å². The van der Waals surface area contributed by atoms with Crippen molar-refractivity contribution < 1.29 is 9.53 Å². The van der Waals surface area contributed by atoms with Gasteiger partial charge >= 0.3 is 5.97 Å². The first-order valence-electron chi connectivity index (χ1n) is 5.46. The van der Waals surface area contributed by atoms with Crippen molar-refractivity contribution in [2.75, 3.05) is 12.4 Å². The van der Waals surface area contributed by atoms with Crippen LogP contribution in [0.5, 0.6) is 0 Å². The summed E-state index contributed by atoms with van der Waals surface area (Å²) in [6.07, 6.45) is 1.83. The van der Waals surface area contributed by atoms with Crippen molar-refractivity contribution in [2.45, 2.75) is 6.54 Å². The van der Waals surface area contributed by atoms with Crippen LogP contribution in [-0.4, -0.2) is 28.1 Å². The van der Waals surface area contributed by atoms with Crippen LogP contribution in [0, 0.1) is 0 Å². The van der Waals surface area contributed by atoms with Gasteiger partial charge in [-0.05, 0) is 18.2 Å². The number of nitrogens with one attached hydrogen (secondary N) is 1. The molecule has 0 unspecified atom stereocenters. The Morgan fingerprint density at radius 2 is 2.33 bits per heavy atom. The summed E-state index contributed by atoms with van der Waals surface area (Å²) < 4.78 is 6.31. The lowest BCUT2D eigenvalue weighted by Crippen LogP contribution is -2.04. The predicted molar refractivity (Wildman–Crippen MR) is 66.1 cm³/mol. The highest BCUT2D eigenvalue weighted by atomic mass is 16.5. The number of anilines is 1. The molecule has 0 aliphatic carbocycles. The van der Waals surface area contributed by atoms with Crippen molar-refractivity contribution in [1.29, 1.82) is 0 Å². The van der Waals surface area contributed by atoms with Gasteiger partial charge in [0.2, 0.25) is 0 Å². The molecule has 2 aromatic rings. The van der Waals surface area contributed by atoms with Gasteiger partial charge in [-0.1, -0.05) is 11.3 Å². The van der Waals surface area contributed by atoms with Crippen molar-refractivity contribution >= 4 is 11.7 Å². The molecule has 0 aliphatic rings. The third-order valence-corrected chi connectivity index (χ3v) is 2.41. The average molecular weight is 246 g/mol. The van der Waals surface area contributed by atoms with Crippen LogP contribution < -0.4 is 5.32 Å². The molecule has 0 radical (unpaired) electrons. The minimum Gasteiger partial charge on any atom is -0.465 e. The van der Waals surface area contributed by atoms with E-state index in [1.165, 1.54) is 7.11 Å². The SMILES string of the molecule is COC(=O)c1cccc(NCc2cn(C)nn2)c1. The van der Waals surface area contributed by atoms with Crippen molar-refractivity contribution in [3.8, 4) is 0 Å². The fourth-order valence-electron chi connectivity index (χ4n) is 1.54. The van der Waals surface area contributed by atoms with E-state index in [0.29, 0.717) is 12.1 Å². The average Bonchev–Trinajstić information content (AvgIpc) is 2.81. The summed E-state index contributed by atoms with van der Waals surface area (Å²) in [6, 6.07) is 7.12. The molecule has 1 aromatic heterocycles. The van der Waals surface area contributed by atoms with Crippen LogP contribution in [0.4, 0.5) is 5.69 Å². The summed E-state index contributed by atoms with van der Waals surface area (Å²) >= 11 is 0. The third-order valence-electron chi connectivity index (χ3n) is 2.41. The first-order chi connectivity index (χ1) is 8.69. The highest BCUT2D eigenvalue weighted by Gasteiger charge is 2.05. The molecule has 2 rings (SSSR count). The zero-order valence-electron chi connectivity index (χ0n) is 10.3. The highest BCUT2D eigenvalue weighted by Crippen LogP contribution is 2.12. The molecular weight excluding hydrogens is 232 g/mol. The number of aromatic nitrogens is 3. The molecule has 18 heavy (non-hydrogen) atoms. The van der Waals surface area contributed by atoms with Gasteiger partial charge in [-0.2, -0.15) is 0 Å². The number of carbonyl (C=O) groups is 1. The normalized spacial score (nSPS) is 10.1. The molecule has 1 N–H and O–H groups in total. The molecule has 6 nitrogen and oxygen atoms in total. The fraction of sp³-hybridized carbons (Fsp3) is 0.250. The summed E-state index contributed by atoms with van der Waals surface area (Å²) in [7, 11) is 3.18. The summed E-state index contributed by atoms with van der Waals surface area (Å²) in [6.45, 7) is 0.554. The predicted octanol–water partition coefficient (Wildman–Crippen LogP) is 1.21. The maximum Gasteiger partial charge on any atom is 0.337 e. The number of benzene rings is 1. The third kappa shape index (κ3) is 2.85. The highest BCUT2D eigenvalue weighted by molar-refractivity contribution is 5.90. The second kappa shape index (κ2) is 5.31. The number of nitrogens with zero attached hydrogens (tertiary/aromatic N) is 3. The number of esters is 1. The van der Waals surface area contributed by atoms with Gasteiger partial charge < -0.3 is 10.1 Å². The van der Waals surface area contributed by atoms with E-state index in [-0.39, 0.29) is 5.97 Å². The lowest BCUT2D eigenvalue weighted by Gasteiger charge is -2.05. The number of ether oxygens (including phenoxy) is 1.